The van der Waals surface area contributed by atoms with E-state index in [1.165, 1.54) is 24.0 Å². The molecule has 1 aliphatic rings. The van der Waals surface area contributed by atoms with Gasteiger partial charge >= 0.3 is 0 Å². The summed E-state index contributed by atoms with van der Waals surface area (Å²) in [6.45, 7) is 0.404. The third kappa shape index (κ3) is 2.25. The van der Waals surface area contributed by atoms with Crippen LogP contribution < -0.4 is 5.32 Å². The summed E-state index contributed by atoms with van der Waals surface area (Å²) in [6, 6.07) is 0. The van der Waals surface area contributed by atoms with Crippen LogP contribution >= 0.6 is 11.3 Å². The molecule has 3 aromatic rings. The van der Waals surface area contributed by atoms with Crippen molar-refractivity contribution in [2.24, 2.45) is 0 Å². The van der Waals surface area contributed by atoms with Crippen molar-refractivity contribution in [3.63, 3.8) is 0 Å². The predicted octanol–water partition coefficient (Wildman–Crippen LogP) is 1.39. The highest BCUT2D eigenvalue weighted by Crippen LogP contribution is 2.21. The first-order chi connectivity index (χ1) is 10.8. The van der Waals surface area contributed by atoms with Gasteiger partial charge in [0.25, 0.3) is 5.91 Å². The molecule has 0 aliphatic heterocycles. The van der Waals surface area contributed by atoms with Gasteiger partial charge in [-0.2, -0.15) is 5.10 Å². The van der Waals surface area contributed by atoms with E-state index in [2.05, 4.69) is 25.4 Å². The Morgan fingerprint density at radius 2 is 2.14 bits per heavy atom. The molecule has 3 heterocycles. The maximum atomic E-state index is 12.4. The predicted molar refractivity (Wildman–Crippen MR) is 80.7 cm³/mol. The van der Waals surface area contributed by atoms with Crippen LogP contribution in [0.4, 0.5) is 0 Å². The van der Waals surface area contributed by atoms with Gasteiger partial charge in [0, 0.05) is 16.6 Å². The maximum Gasteiger partial charge on any atom is 0.270 e. The molecule has 1 aliphatic carbocycles. The van der Waals surface area contributed by atoms with Gasteiger partial charge in [0.1, 0.15) is 18.3 Å². The van der Waals surface area contributed by atoms with Gasteiger partial charge < -0.3 is 5.32 Å². The minimum absolute atomic E-state index is 0.153. The molecule has 0 atom stereocenters. The Bertz CT molecular complexity index is 839. The van der Waals surface area contributed by atoms with Crippen molar-refractivity contribution in [2.75, 3.05) is 0 Å². The number of aryl methyl sites for hydroxylation is 1. The maximum absolute atomic E-state index is 12.4. The molecule has 0 bridgehead atoms. The molecule has 0 saturated carbocycles. The number of aromatic nitrogens is 5. The second-order valence-corrected chi connectivity index (χ2v) is 6.06. The van der Waals surface area contributed by atoms with E-state index < -0.39 is 0 Å². The second-order valence-electron chi connectivity index (χ2n) is 5.22. The molecule has 7 nitrogen and oxygen atoms in total. The van der Waals surface area contributed by atoms with Gasteiger partial charge in [-0.3, -0.25) is 4.79 Å². The molecule has 22 heavy (non-hydrogen) atoms. The zero-order valence-electron chi connectivity index (χ0n) is 11.8. The summed E-state index contributed by atoms with van der Waals surface area (Å²) in [5.74, 6) is -0.153. The SMILES string of the molecule is O=C(NCc1csc2ncnn12)c1ncnc2c1CCCC2. The fourth-order valence-corrected chi connectivity index (χ4v) is 3.56. The molecule has 0 unspecified atom stereocenters. The molecule has 3 aromatic heterocycles. The topological polar surface area (TPSA) is 85.1 Å². The van der Waals surface area contributed by atoms with Crippen LogP contribution in [0.15, 0.2) is 18.0 Å². The number of fused-ring (bicyclic) bond motifs is 2. The number of rotatable bonds is 3. The number of nitrogens with one attached hydrogen (secondary N) is 1. The van der Waals surface area contributed by atoms with Crippen LogP contribution in [0.5, 0.6) is 0 Å². The van der Waals surface area contributed by atoms with Crippen molar-refractivity contribution in [1.29, 1.82) is 0 Å². The molecular formula is C14H14N6OS. The molecule has 4 rings (SSSR count). The van der Waals surface area contributed by atoms with E-state index in [-0.39, 0.29) is 5.91 Å². The number of carbonyl (C=O) groups is 1. The van der Waals surface area contributed by atoms with Gasteiger partial charge in [-0.05, 0) is 25.7 Å². The smallest absolute Gasteiger partial charge is 0.270 e. The molecule has 112 valence electrons. The average molecular weight is 314 g/mol. The monoisotopic (exact) mass is 314 g/mol. The molecule has 0 aromatic carbocycles. The first-order valence-corrected chi connectivity index (χ1v) is 8.08. The Balaban J connectivity index is 1.54. The Morgan fingerprint density at radius 1 is 1.23 bits per heavy atom. The van der Waals surface area contributed by atoms with E-state index in [1.54, 1.807) is 4.52 Å². The van der Waals surface area contributed by atoms with Gasteiger partial charge in [0.05, 0.1) is 12.2 Å². The van der Waals surface area contributed by atoms with Crippen LogP contribution in [-0.4, -0.2) is 30.5 Å². The molecular weight excluding hydrogens is 300 g/mol. The van der Waals surface area contributed by atoms with Crippen LogP contribution in [0.25, 0.3) is 4.96 Å². The highest BCUT2D eigenvalue weighted by atomic mass is 32.1. The summed E-state index contributed by atoms with van der Waals surface area (Å²) in [5.41, 5.74) is 3.44. The highest BCUT2D eigenvalue weighted by molar-refractivity contribution is 7.15. The summed E-state index contributed by atoms with van der Waals surface area (Å²) in [4.78, 5) is 25.9. The lowest BCUT2D eigenvalue weighted by Crippen LogP contribution is -2.27. The zero-order chi connectivity index (χ0) is 14.9. The van der Waals surface area contributed by atoms with Gasteiger partial charge in [0.15, 0.2) is 0 Å². The fourth-order valence-electron chi connectivity index (χ4n) is 2.77. The van der Waals surface area contributed by atoms with Crippen molar-refractivity contribution < 1.29 is 4.79 Å². The van der Waals surface area contributed by atoms with Gasteiger partial charge in [0.2, 0.25) is 4.96 Å². The molecule has 8 heteroatoms. The van der Waals surface area contributed by atoms with Crippen molar-refractivity contribution in [1.82, 2.24) is 29.9 Å². The third-order valence-corrected chi connectivity index (χ3v) is 4.74. The van der Waals surface area contributed by atoms with Crippen LogP contribution in [0, 0.1) is 0 Å². The molecule has 1 N–H and O–H groups in total. The van der Waals surface area contributed by atoms with E-state index in [9.17, 15) is 4.79 Å². The number of thiazole rings is 1. The van der Waals surface area contributed by atoms with E-state index in [4.69, 9.17) is 0 Å². The first-order valence-electron chi connectivity index (χ1n) is 7.20. The molecule has 0 saturated heterocycles. The Morgan fingerprint density at radius 3 is 3.09 bits per heavy atom. The van der Waals surface area contributed by atoms with E-state index >= 15 is 0 Å². The van der Waals surface area contributed by atoms with Crippen LogP contribution in [0.1, 0.15) is 40.3 Å². The van der Waals surface area contributed by atoms with Crippen molar-refractivity contribution in [2.45, 2.75) is 32.2 Å². The summed E-state index contributed by atoms with van der Waals surface area (Å²) < 4.78 is 1.74. The van der Waals surface area contributed by atoms with E-state index in [1.807, 2.05) is 5.38 Å². The van der Waals surface area contributed by atoms with Crippen molar-refractivity contribution in [3.8, 4) is 0 Å². The molecule has 0 fully saturated rings. The lowest BCUT2D eigenvalue weighted by molar-refractivity contribution is 0.0943. The molecule has 0 spiro atoms. The minimum atomic E-state index is -0.153. The lowest BCUT2D eigenvalue weighted by Gasteiger charge is -2.16. The summed E-state index contributed by atoms with van der Waals surface area (Å²) in [5, 5.41) is 9.01. The zero-order valence-corrected chi connectivity index (χ0v) is 12.6. The second kappa shape index (κ2) is 5.45. The first kappa shape index (κ1) is 13.3. The van der Waals surface area contributed by atoms with Gasteiger partial charge in [-0.15, -0.1) is 11.3 Å². The minimum Gasteiger partial charge on any atom is -0.345 e. The average Bonchev–Trinajstić information content (AvgIpc) is 3.16. The van der Waals surface area contributed by atoms with E-state index in [0.717, 1.165) is 47.6 Å². The number of hydrogen-bond acceptors (Lipinski definition) is 6. The Hall–Kier alpha value is -2.35. The third-order valence-electron chi connectivity index (χ3n) is 3.86. The number of amides is 1. The summed E-state index contributed by atoms with van der Waals surface area (Å²) in [7, 11) is 0. The van der Waals surface area contributed by atoms with Gasteiger partial charge in [-0.25, -0.2) is 19.5 Å². The largest absolute Gasteiger partial charge is 0.345 e. The Labute approximate surface area is 130 Å². The van der Waals surface area contributed by atoms with Gasteiger partial charge in [-0.1, -0.05) is 0 Å². The summed E-state index contributed by atoms with van der Waals surface area (Å²) in [6.07, 6.45) is 7.03. The number of nitrogens with zero attached hydrogens (tertiary/aromatic N) is 5. The number of carbonyl (C=O) groups excluding carboxylic acids is 1. The molecule has 0 radical (unpaired) electrons. The van der Waals surface area contributed by atoms with Crippen molar-refractivity contribution >= 4 is 22.2 Å². The van der Waals surface area contributed by atoms with Crippen LogP contribution in [0.2, 0.25) is 0 Å². The Kier molecular flexibility index (Phi) is 3.30. The van der Waals surface area contributed by atoms with Crippen molar-refractivity contribution in [3.05, 3.63) is 40.7 Å². The van der Waals surface area contributed by atoms with Crippen LogP contribution in [0.3, 0.4) is 0 Å². The number of hydrogen-bond donors (Lipinski definition) is 1. The highest BCUT2D eigenvalue weighted by Gasteiger charge is 2.20. The molecule has 1 amide bonds. The fraction of sp³-hybridized carbons (Fsp3) is 0.357. The quantitative estimate of drug-likeness (QED) is 0.789. The van der Waals surface area contributed by atoms with E-state index in [0.29, 0.717) is 12.2 Å². The summed E-state index contributed by atoms with van der Waals surface area (Å²) >= 11 is 1.50. The lowest BCUT2D eigenvalue weighted by atomic mass is 9.94. The standard InChI is InChI=1S/C14H14N6OS/c21-13(12-10-3-1-2-4-11(10)16-7-17-12)15-5-9-6-22-14-18-8-19-20(9)14/h6-8H,1-5H2,(H,15,21). The van der Waals surface area contributed by atoms with Crippen LogP contribution in [-0.2, 0) is 19.4 Å². The normalized spacial score (nSPS) is 14.0.